The Morgan fingerprint density at radius 2 is 1.64 bits per heavy atom. The van der Waals surface area contributed by atoms with Crippen LogP contribution in [-0.2, 0) is 20.9 Å². The molecule has 0 unspecified atom stereocenters. The quantitative estimate of drug-likeness (QED) is 0.650. The highest BCUT2D eigenvalue weighted by atomic mass is 16.6. The van der Waals surface area contributed by atoms with Crippen molar-refractivity contribution in [2.45, 2.75) is 53.7 Å². The van der Waals surface area contributed by atoms with Gasteiger partial charge in [0.15, 0.2) is 0 Å². The summed E-state index contributed by atoms with van der Waals surface area (Å²) in [6, 6.07) is 7.14. The van der Waals surface area contributed by atoms with Crippen molar-refractivity contribution < 1.29 is 19.1 Å². The van der Waals surface area contributed by atoms with E-state index in [-0.39, 0.29) is 24.4 Å². The Hall–Kier alpha value is -2.83. The van der Waals surface area contributed by atoms with Crippen LogP contribution in [0.15, 0.2) is 36.4 Å². The zero-order valence-corrected chi connectivity index (χ0v) is 17.5. The number of amides is 3. The molecular weight excluding hydrogens is 358 g/mol. The zero-order chi connectivity index (χ0) is 21.4. The summed E-state index contributed by atoms with van der Waals surface area (Å²) >= 11 is 0. The molecular formula is C21H31N3O4. The molecule has 154 valence electrons. The van der Waals surface area contributed by atoms with E-state index in [0.29, 0.717) is 5.69 Å². The van der Waals surface area contributed by atoms with E-state index in [2.05, 4.69) is 16.0 Å². The third-order valence-electron chi connectivity index (χ3n) is 3.27. The molecule has 1 aromatic rings. The molecule has 0 aromatic heterocycles. The standard InChI is InChI=1S/C21H31N3O4/c1-20(2,3)12-11-17(25)22-13-15-9-7-8-10-16(15)24-18(26)14-23-19(27)28-21(4,5)6/h7-12H,13-14H2,1-6H3,(H,22,25)(H,23,27)(H,24,26)/b12-11+. The Morgan fingerprint density at radius 3 is 2.25 bits per heavy atom. The molecule has 0 atom stereocenters. The van der Waals surface area contributed by atoms with Gasteiger partial charge in [-0.3, -0.25) is 9.59 Å². The van der Waals surface area contributed by atoms with E-state index in [1.165, 1.54) is 6.08 Å². The van der Waals surface area contributed by atoms with Crippen molar-refractivity contribution in [2.75, 3.05) is 11.9 Å². The largest absolute Gasteiger partial charge is 0.444 e. The number of hydrogen-bond acceptors (Lipinski definition) is 4. The molecule has 0 heterocycles. The second-order valence-corrected chi connectivity index (χ2v) is 8.48. The molecule has 0 fully saturated rings. The summed E-state index contributed by atoms with van der Waals surface area (Å²) in [4.78, 5) is 35.7. The van der Waals surface area contributed by atoms with Crippen LogP contribution in [0.4, 0.5) is 10.5 Å². The highest BCUT2D eigenvalue weighted by Gasteiger charge is 2.17. The lowest BCUT2D eigenvalue weighted by atomic mass is 9.96. The van der Waals surface area contributed by atoms with Gasteiger partial charge in [-0.05, 0) is 43.9 Å². The van der Waals surface area contributed by atoms with E-state index in [1.54, 1.807) is 32.9 Å². The molecule has 1 aromatic carbocycles. The fourth-order valence-corrected chi connectivity index (χ4v) is 2.02. The first-order valence-electron chi connectivity index (χ1n) is 9.17. The Balaban J connectivity index is 2.59. The van der Waals surface area contributed by atoms with E-state index >= 15 is 0 Å². The maximum absolute atomic E-state index is 12.1. The lowest BCUT2D eigenvalue weighted by molar-refractivity contribution is -0.117. The number of anilines is 1. The molecule has 0 radical (unpaired) electrons. The molecule has 7 nitrogen and oxygen atoms in total. The van der Waals surface area contributed by atoms with Crippen molar-refractivity contribution in [1.82, 2.24) is 10.6 Å². The van der Waals surface area contributed by atoms with E-state index in [0.717, 1.165) is 5.56 Å². The third kappa shape index (κ3) is 10.4. The summed E-state index contributed by atoms with van der Waals surface area (Å²) in [7, 11) is 0. The van der Waals surface area contributed by atoms with Crippen molar-refractivity contribution in [3.63, 3.8) is 0 Å². The van der Waals surface area contributed by atoms with Gasteiger partial charge in [-0.1, -0.05) is 45.0 Å². The molecule has 0 aliphatic heterocycles. The number of ether oxygens (including phenoxy) is 1. The smallest absolute Gasteiger partial charge is 0.408 e. The van der Waals surface area contributed by atoms with Crippen molar-refractivity contribution in [2.24, 2.45) is 5.41 Å². The molecule has 7 heteroatoms. The molecule has 0 aliphatic carbocycles. The predicted octanol–water partition coefficient (Wildman–Crippen LogP) is 3.37. The lowest BCUT2D eigenvalue weighted by Gasteiger charge is -2.19. The van der Waals surface area contributed by atoms with E-state index in [9.17, 15) is 14.4 Å². The van der Waals surface area contributed by atoms with Crippen LogP contribution >= 0.6 is 0 Å². The van der Waals surface area contributed by atoms with Gasteiger partial charge in [0.25, 0.3) is 0 Å². The Labute approximate surface area is 166 Å². The molecule has 28 heavy (non-hydrogen) atoms. The maximum Gasteiger partial charge on any atom is 0.408 e. The lowest BCUT2D eigenvalue weighted by Crippen LogP contribution is -2.37. The number of rotatable bonds is 6. The minimum absolute atomic E-state index is 0.0790. The molecule has 1 rings (SSSR count). The van der Waals surface area contributed by atoms with Crippen LogP contribution in [0.3, 0.4) is 0 Å². The van der Waals surface area contributed by atoms with Gasteiger partial charge >= 0.3 is 6.09 Å². The maximum atomic E-state index is 12.1. The minimum Gasteiger partial charge on any atom is -0.444 e. The SMILES string of the molecule is CC(C)(C)/C=C/C(=O)NCc1ccccc1NC(=O)CNC(=O)OC(C)(C)C. The summed E-state index contributed by atoms with van der Waals surface area (Å²) in [5.74, 6) is -0.597. The van der Waals surface area contributed by atoms with Gasteiger partial charge in [0.05, 0.1) is 0 Å². The van der Waals surface area contributed by atoms with Gasteiger partial charge in [-0.15, -0.1) is 0 Å². The van der Waals surface area contributed by atoms with Gasteiger partial charge in [0.2, 0.25) is 11.8 Å². The van der Waals surface area contributed by atoms with E-state index < -0.39 is 17.6 Å². The van der Waals surface area contributed by atoms with Crippen LogP contribution in [0.25, 0.3) is 0 Å². The summed E-state index contributed by atoms with van der Waals surface area (Å²) in [5.41, 5.74) is 0.612. The first-order chi connectivity index (χ1) is 12.9. The van der Waals surface area contributed by atoms with Crippen LogP contribution in [0.2, 0.25) is 0 Å². The van der Waals surface area contributed by atoms with E-state index in [4.69, 9.17) is 4.74 Å². The monoisotopic (exact) mass is 389 g/mol. The molecule has 0 saturated carbocycles. The highest BCUT2D eigenvalue weighted by molar-refractivity contribution is 5.94. The van der Waals surface area contributed by atoms with Crippen LogP contribution < -0.4 is 16.0 Å². The Kier molecular flexibility index (Phi) is 8.22. The molecule has 3 N–H and O–H groups in total. The van der Waals surface area contributed by atoms with Crippen LogP contribution in [-0.4, -0.2) is 30.1 Å². The Morgan fingerprint density at radius 1 is 1.00 bits per heavy atom. The summed E-state index contributed by atoms with van der Waals surface area (Å²) < 4.78 is 5.09. The fourth-order valence-electron chi connectivity index (χ4n) is 2.02. The number of allylic oxidation sites excluding steroid dienone is 1. The summed E-state index contributed by atoms with van der Waals surface area (Å²) in [6.45, 7) is 11.3. The van der Waals surface area contributed by atoms with Crippen LogP contribution in [0.5, 0.6) is 0 Å². The number of alkyl carbamates (subject to hydrolysis) is 1. The second-order valence-electron chi connectivity index (χ2n) is 8.48. The molecule has 0 saturated heterocycles. The first-order valence-corrected chi connectivity index (χ1v) is 9.17. The van der Waals surface area contributed by atoms with Crippen molar-refractivity contribution in [1.29, 1.82) is 0 Å². The van der Waals surface area contributed by atoms with Crippen molar-refractivity contribution in [3.05, 3.63) is 42.0 Å². The zero-order valence-electron chi connectivity index (χ0n) is 17.5. The number of hydrogen-bond donors (Lipinski definition) is 3. The van der Waals surface area contributed by atoms with Gasteiger partial charge in [-0.25, -0.2) is 4.79 Å². The summed E-state index contributed by atoms with van der Waals surface area (Å²) in [5, 5.41) is 7.93. The number of carbonyl (C=O) groups is 3. The van der Waals surface area contributed by atoms with Gasteiger partial charge < -0.3 is 20.7 Å². The molecule has 3 amide bonds. The van der Waals surface area contributed by atoms with Crippen molar-refractivity contribution in [3.8, 4) is 0 Å². The molecule has 0 bridgehead atoms. The fraction of sp³-hybridized carbons (Fsp3) is 0.476. The first kappa shape index (κ1) is 23.2. The second kappa shape index (κ2) is 9.92. The topological polar surface area (TPSA) is 96.5 Å². The number of para-hydroxylation sites is 1. The third-order valence-corrected chi connectivity index (χ3v) is 3.27. The Bertz CT molecular complexity index is 728. The van der Waals surface area contributed by atoms with Gasteiger partial charge in [0, 0.05) is 12.2 Å². The summed E-state index contributed by atoms with van der Waals surface area (Å²) in [6.07, 6.45) is 2.68. The van der Waals surface area contributed by atoms with Gasteiger partial charge in [-0.2, -0.15) is 0 Å². The van der Waals surface area contributed by atoms with Gasteiger partial charge in [0.1, 0.15) is 12.1 Å². The molecule has 0 spiro atoms. The van der Waals surface area contributed by atoms with E-state index in [1.807, 2.05) is 39.0 Å². The normalized spacial score (nSPS) is 11.8. The average Bonchev–Trinajstić information content (AvgIpc) is 2.55. The predicted molar refractivity (Wildman–Crippen MR) is 110 cm³/mol. The minimum atomic E-state index is -0.658. The van der Waals surface area contributed by atoms with Crippen LogP contribution in [0.1, 0.15) is 47.1 Å². The average molecular weight is 389 g/mol. The highest BCUT2D eigenvalue weighted by Crippen LogP contribution is 2.16. The van der Waals surface area contributed by atoms with Crippen LogP contribution in [0, 0.1) is 5.41 Å². The number of carbonyl (C=O) groups excluding carboxylic acids is 3. The van der Waals surface area contributed by atoms with Crippen molar-refractivity contribution >= 4 is 23.6 Å². The number of nitrogens with one attached hydrogen (secondary N) is 3. The number of benzene rings is 1. The molecule has 0 aliphatic rings.